The van der Waals surface area contributed by atoms with Gasteiger partial charge in [0.1, 0.15) is 17.3 Å². The lowest BCUT2D eigenvalue weighted by atomic mass is 9.86. The number of anilines is 1. The Morgan fingerprint density at radius 3 is 2.29 bits per heavy atom. The minimum absolute atomic E-state index is 0.173. The highest BCUT2D eigenvalue weighted by molar-refractivity contribution is 5.71. The van der Waals surface area contributed by atoms with Crippen molar-refractivity contribution in [3.63, 3.8) is 0 Å². The highest BCUT2D eigenvalue weighted by Gasteiger charge is 2.29. The van der Waals surface area contributed by atoms with E-state index in [1.165, 1.54) is 18.4 Å². The predicted octanol–water partition coefficient (Wildman–Crippen LogP) is 4.33. The molecular weight excluding hydrogens is 258 g/mol. The summed E-state index contributed by atoms with van der Waals surface area (Å²) in [5.74, 6) is 1.95. The van der Waals surface area contributed by atoms with Crippen LogP contribution >= 0.6 is 0 Å². The van der Waals surface area contributed by atoms with Gasteiger partial charge in [0.05, 0.1) is 0 Å². The van der Waals surface area contributed by atoms with Gasteiger partial charge < -0.3 is 10.3 Å². The van der Waals surface area contributed by atoms with E-state index in [4.69, 9.17) is 10.7 Å². The van der Waals surface area contributed by atoms with Gasteiger partial charge in [0, 0.05) is 18.0 Å². The summed E-state index contributed by atoms with van der Waals surface area (Å²) in [4.78, 5) is 4.79. The van der Waals surface area contributed by atoms with Crippen LogP contribution in [0.5, 0.6) is 0 Å². The molecule has 21 heavy (non-hydrogen) atoms. The van der Waals surface area contributed by atoms with Gasteiger partial charge in [-0.2, -0.15) is 0 Å². The van der Waals surface area contributed by atoms with Crippen molar-refractivity contribution in [1.82, 2.24) is 9.55 Å². The topological polar surface area (TPSA) is 43.8 Å². The number of benzene rings is 1. The monoisotopic (exact) mass is 283 g/mol. The molecular formula is C18H25N3. The molecule has 1 fully saturated rings. The smallest absolute Gasteiger partial charge is 0.131 e. The molecule has 1 saturated carbocycles. The predicted molar refractivity (Wildman–Crippen MR) is 88.4 cm³/mol. The summed E-state index contributed by atoms with van der Waals surface area (Å²) in [5, 5.41) is 0. The van der Waals surface area contributed by atoms with Crippen molar-refractivity contribution in [3.8, 4) is 11.3 Å². The first-order valence-electron chi connectivity index (χ1n) is 7.89. The zero-order chi connectivity index (χ0) is 15.2. The lowest BCUT2D eigenvalue weighted by Crippen LogP contribution is -2.10. The molecule has 0 amide bonds. The average molecular weight is 283 g/mol. The van der Waals surface area contributed by atoms with Crippen LogP contribution in [0, 0.1) is 0 Å². The summed E-state index contributed by atoms with van der Waals surface area (Å²) in [5.41, 5.74) is 9.95. The van der Waals surface area contributed by atoms with E-state index in [0.29, 0.717) is 6.04 Å². The first-order chi connectivity index (χ1) is 9.91. The molecule has 0 unspecified atom stereocenters. The lowest BCUT2D eigenvalue weighted by Gasteiger charge is -2.19. The molecule has 1 heterocycles. The summed E-state index contributed by atoms with van der Waals surface area (Å²) in [7, 11) is 0. The maximum atomic E-state index is 6.38. The Morgan fingerprint density at radius 2 is 1.81 bits per heavy atom. The van der Waals surface area contributed by atoms with Crippen molar-refractivity contribution < 1.29 is 0 Å². The van der Waals surface area contributed by atoms with Crippen LogP contribution in [0.15, 0.2) is 24.3 Å². The van der Waals surface area contributed by atoms with Crippen molar-refractivity contribution in [2.45, 2.75) is 58.4 Å². The van der Waals surface area contributed by atoms with Gasteiger partial charge in [-0.1, -0.05) is 52.0 Å². The molecule has 0 radical (unpaired) electrons. The third-order valence-corrected chi connectivity index (χ3v) is 4.27. The Morgan fingerprint density at radius 1 is 1.19 bits per heavy atom. The number of rotatable bonds is 3. The zero-order valence-electron chi connectivity index (χ0n) is 13.5. The molecule has 0 aliphatic heterocycles. The van der Waals surface area contributed by atoms with Crippen molar-refractivity contribution in [2.75, 3.05) is 5.73 Å². The Bertz CT molecular complexity index is 640. The van der Waals surface area contributed by atoms with Crippen molar-refractivity contribution in [2.24, 2.45) is 0 Å². The van der Waals surface area contributed by atoms with Gasteiger partial charge in [-0.3, -0.25) is 0 Å². The molecule has 0 saturated heterocycles. The summed E-state index contributed by atoms with van der Waals surface area (Å²) < 4.78 is 2.24. The molecule has 3 rings (SSSR count). The molecule has 1 aromatic heterocycles. The first kappa shape index (κ1) is 14.2. The second-order valence-corrected chi connectivity index (χ2v) is 7.04. The second-order valence-electron chi connectivity index (χ2n) is 7.04. The molecule has 112 valence electrons. The normalized spacial score (nSPS) is 15.4. The maximum absolute atomic E-state index is 6.38. The Kier molecular flexibility index (Phi) is 3.31. The van der Waals surface area contributed by atoms with Gasteiger partial charge in [-0.05, 0) is 23.8 Å². The number of nitrogen functional groups attached to an aromatic ring is 1. The van der Waals surface area contributed by atoms with Crippen LogP contribution in [0.4, 0.5) is 5.82 Å². The minimum Gasteiger partial charge on any atom is -0.383 e. The molecule has 1 aliphatic rings. The number of aromatic nitrogens is 2. The van der Waals surface area contributed by atoms with Crippen LogP contribution < -0.4 is 5.73 Å². The number of nitrogens with zero attached hydrogens (tertiary/aromatic N) is 2. The summed E-state index contributed by atoms with van der Waals surface area (Å²) in [6.45, 7) is 8.83. The number of hydrogen-bond donors (Lipinski definition) is 1. The molecule has 1 aromatic carbocycles. The number of imidazole rings is 1. The van der Waals surface area contributed by atoms with Crippen LogP contribution in [-0.2, 0) is 11.8 Å². The second kappa shape index (κ2) is 4.90. The summed E-state index contributed by atoms with van der Waals surface area (Å²) in [6.07, 6.45) is 3.40. The molecule has 1 aliphatic carbocycles. The number of aryl methyl sites for hydroxylation is 1. The molecule has 2 aromatic rings. The molecule has 3 nitrogen and oxygen atoms in total. The van der Waals surface area contributed by atoms with Crippen molar-refractivity contribution in [3.05, 3.63) is 35.7 Å². The van der Waals surface area contributed by atoms with Gasteiger partial charge in [-0.15, -0.1) is 0 Å². The van der Waals surface area contributed by atoms with Gasteiger partial charge in [0.2, 0.25) is 0 Å². The largest absolute Gasteiger partial charge is 0.383 e. The Balaban J connectivity index is 2.00. The molecule has 0 spiro atoms. The van der Waals surface area contributed by atoms with E-state index in [2.05, 4.69) is 56.5 Å². The van der Waals surface area contributed by atoms with E-state index in [-0.39, 0.29) is 5.41 Å². The van der Waals surface area contributed by atoms with Gasteiger partial charge >= 0.3 is 0 Å². The highest BCUT2D eigenvalue weighted by Crippen LogP contribution is 2.41. The van der Waals surface area contributed by atoms with Crippen LogP contribution in [0.25, 0.3) is 11.3 Å². The zero-order valence-corrected chi connectivity index (χ0v) is 13.5. The minimum atomic E-state index is 0.173. The van der Waals surface area contributed by atoms with E-state index in [9.17, 15) is 0 Å². The first-order valence-corrected chi connectivity index (χ1v) is 7.89. The third kappa shape index (κ3) is 2.57. The number of hydrogen-bond acceptors (Lipinski definition) is 2. The van der Waals surface area contributed by atoms with E-state index >= 15 is 0 Å². The number of nitrogens with two attached hydrogens (primary N) is 1. The third-order valence-electron chi connectivity index (χ3n) is 4.27. The molecule has 0 atom stereocenters. The fourth-order valence-corrected chi connectivity index (χ4v) is 2.82. The highest BCUT2D eigenvalue weighted by atomic mass is 15.2. The van der Waals surface area contributed by atoms with E-state index in [1.54, 1.807) is 0 Å². The van der Waals surface area contributed by atoms with Gasteiger partial charge in [0.15, 0.2) is 0 Å². The van der Waals surface area contributed by atoms with Crippen LogP contribution in [-0.4, -0.2) is 9.55 Å². The summed E-state index contributed by atoms with van der Waals surface area (Å²) in [6, 6.07) is 9.26. The summed E-state index contributed by atoms with van der Waals surface area (Å²) >= 11 is 0. The Hall–Kier alpha value is -1.77. The maximum Gasteiger partial charge on any atom is 0.131 e. The lowest BCUT2D eigenvalue weighted by molar-refractivity contribution is 0.590. The standard InChI is InChI=1S/C18H25N3/c1-5-15-20-16(17(19)21(15)14-10-11-14)12-6-8-13(9-7-12)18(2,3)4/h6-9,14H,5,10-11,19H2,1-4H3. The Labute approximate surface area is 127 Å². The fourth-order valence-electron chi connectivity index (χ4n) is 2.82. The van der Waals surface area contributed by atoms with Crippen molar-refractivity contribution in [1.29, 1.82) is 0 Å². The quantitative estimate of drug-likeness (QED) is 0.911. The molecule has 2 N–H and O–H groups in total. The average Bonchev–Trinajstić information content (AvgIpc) is 3.22. The van der Waals surface area contributed by atoms with E-state index in [1.807, 2.05) is 0 Å². The van der Waals surface area contributed by atoms with Crippen LogP contribution in [0.3, 0.4) is 0 Å². The SMILES string of the molecule is CCc1nc(-c2ccc(C(C)(C)C)cc2)c(N)n1C1CC1. The van der Waals surface area contributed by atoms with E-state index < -0.39 is 0 Å². The van der Waals surface area contributed by atoms with E-state index in [0.717, 1.165) is 29.3 Å². The molecule has 3 heteroatoms. The molecule has 0 bridgehead atoms. The van der Waals surface area contributed by atoms with Gasteiger partial charge in [-0.25, -0.2) is 4.98 Å². The van der Waals surface area contributed by atoms with Crippen LogP contribution in [0.1, 0.15) is 58.0 Å². The fraction of sp³-hybridized carbons (Fsp3) is 0.500. The van der Waals surface area contributed by atoms with Crippen molar-refractivity contribution >= 4 is 5.82 Å². The van der Waals surface area contributed by atoms with Crippen LogP contribution in [0.2, 0.25) is 0 Å². The van der Waals surface area contributed by atoms with Gasteiger partial charge in [0.25, 0.3) is 0 Å².